The Bertz CT molecular complexity index is 192. The van der Waals surface area contributed by atoms with Gasteiger partial charge in [0.1, 0.15) is 0 Å². The van der Waals surface area contributed by atoms with Crippen LogP contribution in [0.3, 0.4) is 0 Å². The van der Waals surface area contributed by atoms with Gasteiger partial charge < -0.3 is 10.1 Å². The molecule has 0 aromatic carbocycles. The molecule has 3 heteroatoms. The highest BCUT2D eigenvalue weighted by molar-refractivity contribution is 5.87. The molecule has 0 aliphatic carbocycles. The molecule has 14 heavy (non-hydrogen) atoms. The summed E-state index contributed by atoms with van der Waals surface area (Å²) in [6, 6.07) is 0. The van der Waals surface area contributed by atoms with E-state index in [9.17, 15) is 0 Å². The molecule has 1 fully saturated rings. The van der Waals surface area contributed by atoms with E-state index >= 15 is 0 Å². The molecular formula is C11H22N2O. The van der Waals surface area contributed by atoms with E-state index < -0.39 is 0 Å². The van der Waals surface area contributed by atoms with E-state index in [4.69, 9.17) is 5.21 Å². The maximum absolute atomic E-state index is 8.82. The fraction of sp³-hybridized carbons (Fsp3) is 0.909. The SMILES string of the molecule is CCCCN1CCC(=NO)C(CC)C1. The minimum Gasteiger partial charge on any atom is -0.411 e. The summed E-state index contributed by atoms with van der Waals surface area (Å²) in [4.78, 5) is 2.49. The molecule has 1 rings (SSSR count). The molecule has 3 nitrogen and oxygen atoms in total. The standard InChI is InChI=1S/C11H22N2O/c1-3-5-7-13-8-6-11(12-14)10(4-2)9-13/h10,14H,3-9H2,1-2H3. The van der Waals surface area contributed by atoms with E-state index in [-0.39, 0.29) is 0 Å². The van der Waals surface area contributed by atoms with Crippen LogP contribution >= 0.6 is 0 Å². The Morgan fingerprint density at radius 3 is 2.86 bits per heavy atom. The number of nitrogens with zero attached hydrogens (tertiary/aromatic N) is 2. The third kappa shape index (κ3) is 2.98. The minimum atomic E-state index is 0.477. The normalized spacial score (nSPS) is 27.0. The molecular weight excluding hydrogens is 176 g/mol. The molecule has 0 bridgehead atoms. The number of piperidine rings is 1. The van der Waals surface area contributed by atoms with Gasteiger partial charge in [0.15, 0.2) is 0 Å². The Kier molecular flexibility index (Phi) is 4.94. The zero-order valence-electron chi connectivity index (χ0n) is 9.37. The first-order valence-electron chi connectivity index (χ1n) is 5.75. The van der Waals surface area contributed by atoms with Gasteiger partial charge in [0.2, 0.25) is 0 Å². The van der Waals surface area contributed by atoms with Crippen molar-refractivity contribution in [2.24, 2.45) is 11.1 Å². The van der Waals surface area contributed by atoms with E-state index in [0.29, 0.717) is 5.92 Å². The highest BCUT2D eigenvalue weighted by atomic mass is 16.4. The van der Waals surface area contributed by atoms with Gasteiger partial charge in [0.05, 0.1) is 5.71 Å². The van der Waals surface area contributed by atoms with Crippen molar-refractivity contribution < 1.29 is 5.21 Å². The molecule has 0 radical (unpaired) electrons. The quantitative estimate of drug-likeness (QED) is 0.556. The molecule has 1 aliphatic heterocycles. The molecule has 1 heterocycles. The van der Waals surface area contributed by atoms with Crippen LogP contribution in [0, 0.1) is 5.92 Å². The first-order valence-corrected chi connectivity index (χ1v) is 5.75. The molecule has 0 spiro atoms. The molecule has 1 saturated heterocycles. The third-order valence-electron chi connectivity index (χ3n) is 3.08. The van der Waals surface area contributed by atoms with Gasteiger partial charge in [-0.05, 0) is 19.4 Å². The Morgan fingerprint density at radius 1 is 1.50 bits per heavy atom. The second-order valence-corrected chi connectivity index (χ2v) is 4.10. The van der Waals surface area contributed by atoms with Crippen molar-refractivity contribution in [1.82, 2.24) is 4.90 Å². The Balaban J connectivity index is 2.40. The number of hydrogen-bond acceptors (Lipinski definition) is 3. The van der Waals surface area contributed by atoms with Gasteiger partial charge in [-0.2, -0.15) is 0 Å². The van der Waals surface area contributed by atoms with Crippen LogP contribution in [0.5, 0.6) is 0 Å². The second-order valence-electron chi connectivity index (χ2n) is 4.10. The lowest BCUT2D eigenvalue weighted by atomic mass is 9.93. The fourth-order valence-electron chi connectivity index (χ4n) is 2.07. The average molecular weight is 198 g/mol. The van der Waals surface area contributed by atoms with Gasteiger partial charge in [-0.1, -0.05) is 25.4 Å². The van der Waals surface area contributed by atoms with Crippen molar-refractivity contribution in [2.45, 2.75) is 39.5 Å². The summed E-state index contributed by atoms with van der Waals surface area (Å²) in [6.45, 7) is 7.73. The molecule has 1 aliphatic rings. The smallest absolute Gasteiger partial charge is 0.0627 e. The second kappa shape index (κ2) is 6.02. The van der Waals surface area contributed by atoms with Crippen LogP contribution in [0.4, 0.5) is 0 Å². The summed E-state index contributed by atoms with van der Waals surface area (Å²) in [5, 5.41) is 12.2. The van der Waals surface area contributed by atoms with Crippen LogP contribution in [0.15, 0.2) is 5.16 Å². The van der Waals surface area contributed by atoms with E-state index in [0.717, 1.165) is 31.6 Å². The van der Waals surface area contributed by atoms with Gasteiger partial charge in [-0.15, -0.1) is 0 Å². The van der Waals surface area contributed by atoms with E-state index in [1.54, 1.807) is 0 Å². The molecule has 0 aromatic heterocycles. The van der Waals surface area contributed by atoms with Gasteiger partial charge in [-0.25, -0.2) is 0 Å². The number of oxime groups is 1. The van der Waals surface area contributed by atoms with Crippen molar-refractivity contribution in [3.05, 3.63) is 0 Å². The summed E-state index contributed by atoms with van der Waals surface area (Å²) in [5.74, 6) is 0.477. The zero-order chi connectivity index (χ0) is 10.4. The topological polar surface area (TPSA) is 35.8 Å². The van der Waals surface area contributed by atoms with Crippen LogP contribution in [0.2, 0.25) is 0 Å². The van der Waals surface area contributed by atoms with Gasteiger partial charge in [-0.3, -0.25) is 0 Å². The van der Waals surface area contributed by atoms with Crippen molar-refractivity contribution in [3.63, 3.8) is 0 Å². The summed E-state index contributed by atoms with van der Waals surface area (Å²) in [7, 11) is 0. The number of rotatable bonds is 4. The largest absolute Gasteiger partial charge is 0.411 e. The Labute approximate surface area is 86.8 Å². The molecule has 1 unspecified atom stereocenters. The van der Waals surface area contributed by atoms with Gasteiger partial charge >= 0.3 is 0 Å². The first-order chi connectivity index (χ1) is 6.81. The predicted octanol–water partition coefficient (Wildman–Crippen LogP) is 2.35. The lowest BCUT2D eigenvalue weighted by Crippen LogP contribution is -2.41. The van der Waals surface area contributed by atoms with E-state index in [1.165, 1.54) is 19.4 Å². The average Bonchev–Trinajstić information content (AvgIpc) is 2.25. The van der Waals surface area contributed by atoms with Gasteiger partial charge in [0.25, 0.3) is 0 Å². The van der Waals surface area contributed by atoms with Gasteiger partial charge in [0, 0.05) is 25.4 Å². The number of unbranched alkanes of at least 4 members (excludes halogenated alkanes) is 1. The monoisotopic (exact) mass is 198 g/mol. The lowest BCUT2D eigenvalue weighted by Gasteiger charge is -2.32. The third-order valence-corrected chi connectivity index (χ3v) is 3.08. The van der Waals surface area contributed by atoms with Crippen LogP contribution in [0.1, 0.15) is 39.5 Å². The molecule has 0 aromatic rings. The molecule has 0 saturated carbocycles. The number of likely N-dealkylation sites (tertiary alicyclic amines) is 1. The van der Waals surface area contributed by atoms with Crippen molar-refractivity contribution in [3.8, 4) is 0 Å². The lowest BCUT2D eigenvalue weighted by molar-refractivity contribution is 0.225. The highest BCUT2D eigenvalue weighted by Crippen LogP contribution is 2.17. The van der Waals surface area contributed by atoms with Crippen LogP contribution in [-0.2, 0) is 0 Å². The summed E-state index contributed by atoms with van der Waals surface area (Å²) >= 11 is 0. The Hall–Kier alpha value is -0.570. The maximum atomic E-state index is 8.82. The van der Waals surface area contributed by atoms with Crippen LogP contribution in [0.25, 0.3) is 0 Å². The maximum Gasteiger partial charge on any atom is 0.0627 e. The predicted molar refractivity (Wildman–Crippen MR) is 59.0 cm³/mol. The molecule has 82 valence electrons. The van der Waals surface area contributed by atoms with Crippen molar-refractivity contribution >= 4 is 5.71 Å². The van der Waals surface area contributed by atoms with Crippen LogP contribution < -0.4 is 0 Å². The minimum absolute atomic E-state index is 0.477. The van der Waals surface area contributed by atoms with Crippen molar-refractivity contribution in [1.29, 1.82) is 0 Å². The first kappa shape index (κ1) is 11.5. The van der Waals surface area contributed by atoms with Crippen LogP contribution in [-0.4, -0.2) is 35.5 Å². The van der Waals surface area contributed by atoms with E-state index in [2.05, 4.69) is 23.9 Å². The Morgan fingerprint density at radius 2 is 2.29 bits per heavy atom. The molecule has 1 atom stereocenters. The summed E-state index contributed by atoms with van der Waals surface area (Å²) < 4.78 is 0. The zero-order valence-corrected chi connectivity index (χ0v) is 9.37. The number of hydrogen-bond donors (Lipinski definition) is 1. The van der Waals surface area contributed by atoms with E-state index in [1.807, 2.05) is 0 Å². The summed E-state index contributed by atoms with van der Waals surface area (Å²) in [6.07, 6.45) is 4.57. The fourth-order valence-corrected chi connectivity index (χ4v) is 2.07. The molecule has 1 N–H and O–H groups in total. The highest BCUT2D eigenvalue weighted by Gasteiger charge is 2.23. The van der Waals surface area contributed by atoms with Crippen molar-refractivity contribution in [2.75, 3.05) is 19.6 Å². The summed E-state index contributed by atoms with van der Waals surface area (Å²) in [5.41, 5.74) is 1.00. The molecule has 0 amide bonds.